The van der Waals surface area contributed by atoms with Crippen molar-refractivity contribution in [3.05, 3.63) is 259 Å². The van der Waals surface area contributed by atoms with Gasteiger partial charge in [0, 0.05) is 6.42 Å². The first-order valence-corrected chi connectivity index (χ1v) is 42.4. The quantitative estimate of drug-likeness (QED) is 0.0215. The van der Waals surface area contributed by atoms with Crippen LogP contribution < -0.4 is 18.1 Å². The standard InChI is InChI=1S/C93H122O6P2/c1-9-17-29-45-72-61-76(49-33-21-13-5)88-71-92(98-100(94-84-53-37-25-38-54-84)95-85-55-39-26-40-56-85,99-101(96-86-57-41-27-42-58-86)97-87-59-43-28-44-60-87)93(89-77(50-34-22-14-6)62-73(46-30-18-10-2)66-81(89)69-80(88)65-72)90-78(51-35-23-15-7)63-74(47-31-19-11-3)67-82(90)70-83-68-75(48-32-20-12-4)64-79(91(83)93)52-36-24-16-8/h25-28,37-44,53-68H,9-24,29-36,45-52,69-71H2,1-8H3. The molecule has 0 heterocycles. The fourth-order valence-electron chi connectivity index (χ4n) is 16.2. The van der Waals surface area contributed by atoms with Crippen LogP contribution >= 0.6 is 17.2 Å². The molecular formula is C93H122O6P2. The Labute approximate surface area is 613 Å². The lowest BCUT2D eigenvalue weighted by Crippen LogP contribution is -2.61. The zero-order valence-electron chi connectivity index (χ0n) is 63.3. The minimum atomic E-state index is -2.45. The Balaban J connectivity index is 1.51. The molecule has 0 fully saturated rings. The van der Waals surface area contributed by atoms with Crippen molar-refractivity contribution in [3.8, 4) is 23.0 Å². The summed E-state index contributed by atoms with van der Waals surface area (Å²) >= 11 is 0. The lowest BCUT2D eigenvalue weighted by Gasteiger charge is -2.56. The van der Waals surface area contributed by atoms with E-state index in [0.29, 0.717) is 29.4 Å². The Bertz CT molecular complexity index is 3490. The maximum Gasteiger partial charge on any atom is 0.465 e. The summed E-state index contributed by atoms with van der Waals surface area (Å²) in [6.45, 7) is 18.8. The van der Waals surface area contributed by atoms with Crippen molar-refractivity contribution in [3.63, 3.8) is 0 Å². The molecule has 0 radical (unpaired) electrons. The normalized spacial score (nSPS) is 13.5. The average Bonchev–Trinajstić information content (AvgIpc) is 0.667. The highest BCUT2D eigenvalue weighted by molar-refractivity contribution is 7.43. The van der Waals surface area contributed by atoms with Crippen LogP contribution in [0.4, 0.5) is 0 Å². The number of rotatable bonds is 44. The van der Waals surface area contributed by atoms with Crippen LogP contribution in [0, 0.1) is 0 Å². The number of fused-ring (bicyclic) bond motifs is 7. The van der Waals surface area contributed by atoms with E-state index < -0.39 is 28.4 Å². The fourth-order valence-corrected chi connectivity index (χ4v) is 18.6. The zero-order chi connectivity index (χ0) is 70.5. The van der Waals surface area contributed by atoms with Gasteiger partial charge in [0.05, 0.1) is 0 Å². The van der Waals surface area contributed by atoms with Gasteiger partial charge in [-0.3, -0.25) is 9.05 Å². The minimum Gasteiger partial charge on any atom is -0.418 e. The Morgan fingerprint density at radius 1 is 0.277 bits per heavy atom. The molecule has 2 aliphatic carbocycles. The number of benzene rings is 8. The first-order valence-electron chi connectivity index (χ1n) is 40.2. The van der Waals surface area contributed by atoms with E-state index in [1.165, 1.54) is 134 Å². The molecule has 0 unspecified atom stereocenters. The molecule has 8 aromatic carbocycles. The fraction of sp³-hybridized carbons (Fsp3) is 0.484. The topological polar surface area (TPSA) is 55.4 Å². The maximum absolute atomic E-state index is 9.06. The van der Waals surface area contributed by atoms with Crippen molar-refractivity contribution < 1.29 is 27.1 Å². The van der Waals surface area contributed by atoms with Crippen LogP contribution in [0.25, 0.3) is 0 Å². The van der Waals surface area contributed by atoms with Crippen molar-refractivity contribution in [1.82, 2.24) is 0 Å². The van der Waals surface area contributed by atoms with Crippen molar-refractivity contribution in [2.75, 3.05) is 0 Å². The molecule has 8 heteroatoms. The largest absolute Gasteiger partial charge is 0.465 e. The highest BCUT2D eigenvalue weighted by Crippen LogP contribution is 2.67. The third-order valence-electron chi connectivity index (χ3n) is 21.1. The van der Waals surface area contributed by atoms with Crippen LogP contribution in [0.3, 0.4) is 0 Å². The van der Waals surface area contributed by atoms with Crippen LogP contribution in [0.5, 0.6) is 23.0 Å². The summed E-state index contributed by atoms with van der Waals surface area (Å²) in [5, 5.41) is 0. The summed E-state index contributed by atoms with van der Waals surface area (Å²) in [7, 11) is -4.89. The van der Waals surface area contributed by atoms with Gasteiger partial charge in [0.15, 0.2) is 0 Å². The van der Waals surface area contributed by atoms with Gasteiger partial charge in [-0.15, -0.1) is 0 Å². The van der Waals surface area contributed by atoms with Gasteiger partial charge < -0.3 is 18.1 Å². The van der Waals surface area contributed by atoms with Gasteiger partial charge in [-0.25, -0.2) is 0 Å². The summed E-state index contributed by atoms with van der Waals surface area (Å²) < 4.78 is 48.6. The molecule has 0 N–H and O–H groups in total. The predicted molar refractivity (Wildman–Crippen MR) is 428 cm³/mol. The maximum atomic E-state index is 9.06. The van der Waals surface area contributed by atoms with Crippen molar-refractivity contribution in [2.24, 2.45) is 0 Å². The summed E-state index contributed by atoms with van der Waals surface area (Å²) in [6, 6.07) is 62.4. The SMILES string of the molecule is CCCCCc1cc(CCCCC)c2c(c1)Cc1cc(CCCCC)cc(CCCCC)c1C1(c3c(CCCCC)cc(CCCCC)cc3Cc3cc(CCCCC)cc(CCCCC)c31)C(OP(Oc1ccccc1)Oc1ccccc1)(OP(Oc1ccccc1)Oc1ccccc1)C2. The second kappa shape index (κ2) is 40.7. The average molecular weight is 1400 g/mol. The monoisotopic (exact) mass is 1400 g/mol. The van der Waals surface area contributed by atoms with Gasteiger partial charge in [0.2, 0.25) is 5.79 Å². The molecule has 0 amide bonds. The molecule has 6 nitrogen and oxygen atoms in total. The molecule has 101 heavy (non-hydrogen) atoms. The summed E-state index contributed by atoms with van der Waals surface area (Å²) in [4.78, 5) is 0. The zero-order valence-corrected chi connectivity index (χ0v) is 65.0. The molecule has 0 aromatic heterocycles. The van der Waals surface area contributed by atoms with Crippen LogP contribution in [0.2, 0.25) is 0 Å². The summed E-state index contributed by atoms with van der Waals surface area (Å²) in [6.07, 6.45) is 36.9. The molecule has 2 aliphatic rings. The van der Waals surface area contributed by atoms with E-state index >= 15 is 0 Å². The van der Waals surface area contributed by atoms with Crippen LogP contribution in [0.1, 0.15) is 299 Å². The highest BCUT2D eigenvalue weighted by Gasteiger charge is 2.67. The number of aryl methyl sites for hydroxylation is 8. The van der Waals surface area contributed by atoms with Crippen LogP contribution in [-0.2, 0) is 85.1 Å². The van der Waals surface area contributed by atoms with E-state index in [1.54, 1.807) is 0 Å². The third-order valence-corrected chi connectivity index (χ3v) is 23.4. The molecule has 0 aliphatic heterocycles. The Kier molecular flexibility index (Phi) is 31.2. The predicted octanol–water partition coefficient (Wildman–Crippen LogP) is 27.4. The first-order chi connectivity index (χ1) is 49.7. The smallest absolute Gasteiger partial charge is 0.418 e. The second-order valence-corrected chi connectivity index (χ2v) is 31.2. The molecule has 10 rings (SSSR count). The molecule has 0 saturated heterocycles. The van der Waals surface area contributed by atoms with Gasteiger partial charge in [-0.05, 0) is 253 Å². The van der Waals surface area contributed by atoms with Gasteiger partial charge in [0.25, 0.3) is 0 Å². The first kappa shape index (κ1) is 77.4. The van der Waals surface area contributed by atoms with Gasteiger partial charge in [-0.1, -0.05) is 279 Å². The molecule has 1 spiro atoms. The van der Waals surface area contributed by atoms with E-state index in [0.717, 1.165) is 173 Å². The molecule has 0 atom stereocenters. The van der Waals surface area contributed by atoms with Crippen molar-refractivity contribution in [1.29, 1.82) is 0 Å². The van der Waals surface area contributed by atoms with Crippen LogP contribution in [-0.4, -0.2) is 5.79 Å². The van der Waals surface area contributed by atoms with E-state index in [-0.39, 0.29) is 0 Å². The number of para-hydroxylation sites is 4. The summed E-state index contributed by atoms with van der Waals surface area (Å²) in [5.41, 5.74) is 20.8. The Hall–Kier alpha value is -6.26. The highest BCUT2D eigenvalue weighted by atomic mass is 31.2. The lowest BCUT2D eigenvalue weighted by atomic mass is 9.52. The number of unbranched alkanes of at least 4 members (excludes halogenated alkanes) is 16. The second-order valence-electron chi connectivity index (χ2n) is 29.2. The lowest BCUT2D eigenvalue weighted by molar-refractivity contribution is -0.156. The third kappa shape index (κ3) is 20.6. The molecule has 540 valence electrons. The van der Waals surface area contributed by atoms with Crippen molar-refractivity contribution >= 4 is 17.2 Å². The molecule has 0 bridgehead atoms. The number of hydrogen-bond donors (Lipinski definition) is 0. The summed E-state index contributed by atoms with van der Waals surface area (Å²) in [5.74, 6) is 0.828. The van der Waals surface area contributed by atoms with Crippen molar-refractivity contribution in [2.45, 2.75) is 291 Å². The van der Waals surface area contributed by atoms with Crippen LogP contribution in [0.15, 0.2) is 170 Å². The Morgan fingerprint density at radius 3 is 0.812 bits per heavy atom. The van der Waals surface area contributed by atoms with Gasteiger partial charge in [0.1, 0.15) is 28.4 Å². The Morgan fingerprint density at radius 2 is 0.525 bits per heavy atom. The van der Waals surface area contributed by atoms with Gasteiger partial charge >= 0.3 is 17.2 Å². The van der Waals surface area contributed by atoms with E-state index in [9.17, 15) is 0 Å². The molecule has 8 aromatic rings. The van der Waals surface area contributed by atoms with Gasteiger partial charge in [-0.2, -0.15) is 0 Å². The minimum absolute atomic E-state index is 0.341. The molecular weight excluding hydrogens is 1270 g/mol. The molecule has 0 saturated carbocycles. The van der Waals surface area contributed by atoms with E-state index in [1.807, 2.05) is 48.5 Å². The number of hydrogen-bond acceptors (Lipinski definition) is 6. The van der Waals surface area contributed by atoms with E-state index in [2.05, 4.69) is 177 Å². The van der Waals surface area contributed by atoms with E-state index in [4.69, 9.17) is 27.1 Å².